The lowest BCUT2D eigenvalue weighted by molar-refractivity contribution is 0.457. The maximum atomic E-state index is 10.2. The molecule has 3 aromatic rings. The summed E-state index contributed by atoms with van der Waals surface area (Å²) in [5, 5.41) is 14.2. The standard InChI is InChI=1S/C20H17N3OS/c1-12-7-8-13(2)17(9-12)22-20-23-19(24)18(25-20)10-14-11-21-16-6-4-3-5-15(14)16/h3-11,24H,1-2H3,(H,22,23)/b14-10-. The van der Waals surface area contributed by atoms with Gasteiger partial charge in [-0.05, 0) is 43.2 Å². The molecule has 1 aromatic heterocycles. The summed E-state index contributed by atoms with van der Waals surface area (Å²) in [7, 11) is 0. The number of nitrogens with zero attached hydrogens (tertiary/aromatic N) is 2. The zero-order valence-electron chi connectivity index (χ0n) is 13.9. The average molecular weight is 347 g/mol. The predicted octanol–water partition coefficient (Wildman–Crippen LogP) is 5.47. The van der Waals surface area contributed by atoms with Crippen LogP contribution in [0.2, 0.25) is 0 Å². The van der Waals surface area contributed by atoms with E-state index in [0.717, 1.165) is 28.1 Å². The van der Waals surface area contributed by atoms with E-state index in [1.807, 2.05) is 43.5 Å². The molecule has 0 saturated heterocycles. The summed E-state index contributed by atoms with van der Waals surface area (Å²) in [6, 6.07) is 14.2. The van der Waals surface area contributed by atoms with Crippen LogP contribution in [0.25, 0.3) is 11.6 Å². The van der Waals surface area contributed by atoms with Crippen LogP contribution in [-0.4, -0.2) is 16.3 Å². The lowest BCUT2D eigenvalue weighted by Crippen LogP contribution is -1.92. The quantitative estimate of drug-likeness (QED) is 0.661. The maximum Gasteiger partial charge on any atom is 0.231 e. The monoisotopic (exact) mass is 347 g/mol. The van der Waals surface area contributed by atoms with E-state index in [4.69, 9.17) is 0 Å². The van der Waals surface area contributed by atoms with Crippen molar-refractivity contribution in [3.8, 4) is 5.88 Å². The Labute approximate surface area is 150 Å². The number of aromatic hydroxyl groups is 1. The Hall–Kier alpha value is -2.92. The van der Waals surface area contributed by atoms with E-state index in [0.29, 0.717) is 10.0 Å². The third-order valence-corrected chi connectivity index (χ3v) is 5.02. The molecule has 0 spiro atoms. The molecular formula is C20H17N3OS. The number of hydrogen-bond acceptors (Lipinski definition) is 5. The van der Waals surface area contributed by atoms with Crippen molar-refractivity contribution in [1.29, 1.82) is 0 Å². The lowest BCUT2D eigenvalue weighted by Gasteiger charge is -2.07. The number of hydrogen-bond donors (Lipinski definition) is 2. The van der Waals surface area contributed by atoms with Gasteiger partial charge < -0.3 is 10.4 Å². The largest absolute Gasteiger partial charge is 0.492 e. The highest BCUT2D eigenvalue weighted by Gasteiger charge is 2.15. The molecule has 0 bridgehead atoms. The molecule has 1 aliphatic heterocycles. The molecule has 5 heteroatoms. The number of para-hydroxylation sites is 1. The first kappa shape index (κ1) is 15.6. The minimum Gasteiger partial charge on any atom is -0.492 e. The Kier molecular flexibility index (Phi) is 3.86. The number of aryl methyl sites for hydroxylation is 2. The molecule has 4 rings (SSSR count). The van der Waals surface area contributed by atoms with Crippen LogP contribution in [0.3, 0.4) is 0 Å². The van der Waals surface area contributed by atoms with Crippen molar-refractivity contribution in [2.24, 2.45) is 4.99 Å². The smallest absolute Gasteiger partial charge is 0.231 e. The zero-order valence-corrected chi connectivity index (χ0v) is 14.8. The Morgan fingerprint density at radius 1 is 1.12 bits per heavy atom. The van der Waals surface area contributed by atoms with E-state index in [9.17, 15) is 5.11 Å². The van der Waals surface area contributed by atoms with Crippen molar-refractivity contribution >= 4 is 45.7 Å². The van der Waals surface area contributed by atoms with Crippen molar-refractivity contribution in [2.75, 3.05) is 5.32 Å². The normalized spacial score (nSPS) is 14.1. The van der Waals surface area contributed by atoms with Gasteiger partial charge in [0.25, 0.3) is 0 Å². The molecule has 25 heavy (non-hydrogen) atoms. The third-order valence-electron chi connectivity index (χ3n) is 4.11. The second-order valence-electron chi connectivity index (χ2n) is 6.03. The van der Waals surface area contributed by atoms with Gasteiger partial charge in [-0.3, -0.25) is 4.99 Å². The molecule has 2 N–H and O–H groups in total. The van der Waals surface area contributed by atoms with Crippen molar-refractivity contribution in [1.82, 2.24) is 4.98 Å². The molecule has 4 nitrogen and oxygen atoms in total. The Balaban J connectivity index is 1.65. The summed E-state index contributed by atoms with van der Waals surface area (Å²) in [6.07, 6.45) is 3.75. The second-order valence-corrected chi connectivity index (χ2v) is 7.06. The second kappa shape index (κ2) is 6.18. The molecule has 2 heterocycles. The van der Waals surface area contributed by atoms with Gasteiger partial charge in [-0.25, -0.2) is 0 Å². The van der Waals surface area contributed by atoms with Gasteiger partial charge in [0.1, 0.15) is 0 Å². The van der Waals surface area contributed by atoms with Gasteiger partial charge in [0, 0.05) is 23.0 Å². The van der Waals surface area contributed by atoms with E-state index in [1.54, 1.807) is 0 Å². The van der Waals surface area contributed by atoms with Crippen LogP contribution < -0.4 is 5.32 Å². The molecule has 0 unspecified atom stereocenters. The first-order valence-electron chi connectivity index (χ1n) is 7.99. The molecule has 0 aliphatic carbocycles. The number of anilines is 2. The van der Waals surface area contributed by atoms with Gasteiger partial charge in [0.15, 0.2) is 5.13 Å². The number of allylic oxidation sites excluding steroid dienone is 1. The summed E-state index contributed by atoms with van der Waals surface area (Å²) < 4.78 is 0. The highest BCUT2D eigenvalue weighted by atomic mass is 32.1. The summed E-state index contributed by atoms with van der Waals surface area (Å²) in [6.45, 7) is 4.10. The summed E-state index contributed by atoms with van der Waals surface area (Å²) in [5.74, 6) is 0.0306. The van der Waals surface area contributed by atoms with Crippen molar-refractivity contribution in [3.05, 3.63) is 64.0 Å². The molecule has 1 aliphatic rings. The van der Waals surface area contributed by atoms with Crippen LogP contribution in [0, 0.1) is 13.8 Å². The van der Waals surface area contributed by atoms with Crippen LogP contribution >= 0.6 is 11.3 Å². The van der Waals surface area contributed by atoms with Gasteiger partial charge in [-0.1, -0.05) is 41.7 Å². The van der Waals surface area contributed by atoms with Crippen molar-refractivity contribution in [2.45, 2.75) is 13.8 Å². The highest BCUT2D eigenvalue weighted by Crippen LogP contribution is 2.37. The number of rotatable bonds is 3. The maximum absolute atomic E-state index is 10.2. The lowest BCUT2D eigenvalue weighted by atomic mass is 10.1. The van der Waals surface area contributed by atoms with Crippen LogP contribution in [0.4, 0.5) is 16.5 Å². The fourth-order valence-corrected chi connectivity index (χ4v) is 3.58. The molecule has 0 fully saturated rings. The van der Waals surface area contributed by atoms with E-state index in [-0.39, 0.29) is 5.88 Å². The number of benzene rings is 2. The minimum absolute atomic E-state index is 0.0306. The molecule has 124 valence electrons. The van der Waals surface area contributed by atoms with Crippen LogP contribution in [0.15, 0.2) is 47.5 Å². The third kappa shape index (κ3) is 3.06. The van der Waals surface area contributed by atoms with Gasteiger partial charge in [0.2, 0.25) is 5.88 Å². The minimum atomic E-state index is 0.0306. The van der Waals surface area contributed by atoms with Crippen LogP contribution in [0.5, 0.6) is 5.88 Å². The summed E-state index contributed by atoms with van der Waals surface area (Å²) in [4.78, 5) is 9.36. The molecule has 0 atom stereocenters. The van der Waals surface area contributed by atoms with Crippen LogP contribution in [0.1, 0.15) is 21.6 Å². The van der Waals surface area contributed by atoms with Gasteiger partial charge >= 0.3 is 0 Å². The van der Waals surface area contributed by atoms with E-state index in [2.05, 4.69) is 40.4 Å². The van der Waals surface area contributed by atoms with E-state index < -0.39 is 0 Å². The number of fused-ring (bicyclic) bond motifs is 1. The summed E-state index contributed by atoms with van der Waals surface area (Å²) in [5.41, 5.74) is 6.31. The number of nitrogens with one attached hydrogen (secondary N) is 1. The molecule has 0 saturated carbocycles. The zero-order chi connectivity index (χ0) is 17.4. The first-order valence-corrected chi connectivity index (χ1v) is 8.81. The van der Waals surface area contributed by atoms with E-state index in [1.165, 1.54) is 16.9 Å². The van der Waals surface area contributed by atoms with Crippen molar-refractivity contribution < 1.29 is 5.11 Å². The summed E-state index contributed by atoms with van der Waals surface area (Å²) >= 11 is 1.42. The van der Waals surface area contributed by atoms with E-state index >= 15 is 0 Å². The topological polar surface area (TPSA) is 57.5 Å². The molecule has 0 amide bonds. The number of thiazole rings is 1. The van der Waals surface area contributed by atoms with Gasteiger partial charge in [-0.2, -0.15) is 4.98 Å². The van der Waals surface area contributed by atoms with Gasteiger partial charge in [0.05, 0.1) is 10.6 Å². The predicted molar refractivity (Wildman–Crippen MR) is 105 cm³/mol. The molecule has 2 aromatic carbocycles. The number of aromatic nitrogens is 1. The first-order chi connectivity index (χ1) is 12.1. The number of aliphatic imine (C=N–C) groups is 1. The Bertz CT molecular complexity index is 1020. The fraction of sp³-hybridized carbons (Fsp3) is 0.100. The SMILES string of the molecule is Cc1ccc(C)c(Nc2nc(O)c(/C=C3/C=Nc4ccccc43)s2)c1. The van der Waals surface area contributed by atoms with Crippen molar-refractivity contribution in [3.63, 3.8) is 0 Å². The molecule has 0 radical (unpaired) electrons. The Morgan fingerprint density at radius 2 is 1.96 bits per heavy atom. The molecular weight excluding hydrogens is 330 g/mol. The Morgan fingerprint density at radius 3 is 2.84 bits per heavy atom. The average Bonchev–Trinajstić information content (AvgIpc) is 3.16. The van der Waals surface area contributed by atoms with Crippen LogP contribution in [-0.2, 0) is 0 Å². The fourth-order valence-electron chi connectivity index (χ4n) is 2.75. The highest BCUT2D eigenvalue weighted by molar-refractivity contribution is 7.16. The van der Waals surface area contributed by atoms with Gasteiger partial charge in [-0.15, -0.1) is 0 Å².